The number of hydrogen-bond acceptors (Lipinski definition) is 4. The van der Waals surface area contributed by atoms with Gasteiger partial charge in [0.15, 0.2) is 0 Å². The Morgan fingerprint density at radius 2 is 2.36 bits per heavy atom. The molecule has 1 N–H and O–H groups in total. The Kier molecular flexibility index (Phi) is 2.76. The summed E-state index contributed by atoms with van der Waals surface area (Å²) in [6.45, 7) is 1.55. The highest BCUT2D eigenvalue weighted by Gasteiger charge is 2.19. The van der Waals surface area contributed by atoms with Crippen molar-refractivity contribution in [3.8, 4) is 0 Å². The van der Waals surface area contributed by atoms with E-state index in [4.69, 9.17) is 5.11 Å². The fourth-order valence-electron chi connectivity index (χ4n) is 1.13. The zero-order chi connectivity index (χ0) is 10.7. The third-order valence-corrected chi connectivity index (χ3v) is 1.70. The number of pyridine rings is 1. The van der Waals surface area contributed by atoms with Crippen LogP contribution in [0.1, 0.15) is 11.3 Å². The molecule has 1 heterocycles. The van der Waals surface area contributed by atoms with E-state index in [1.165, 1.54) is 12.3 Å². The van der Waals surface area contributed by atoms with Gasteiger partial charge < -0.3 is 5.11 Å². The minimum Gasteiger partial charge on any atom is -0.481 e. The maximum atomic E-state index is 10.6. The number of aliphatic carboxylic acids is 1. The molecule has 0 spiro atoms. The second kappa shape index (κ2) is 3.82. The molecule has 1 rings (SSSR count). The van der Waals surface area contributed by atoms with Crippen LogP contribution >= 0.6 is 0 Å². The van der Waals surface area contributed by atoms with E-state index < -0.39 is 17.3 Å². The summed E-state index contributed by atoms with van der Waals surface area (Å²) >= 11 is 0. The molecule has 14 heavy (non-hydrogen) atoms. The molecule has 0 bridgehead atoms. The van der Waals surface area contributed by atoms with E-state index in [9.17, 15) is 14.9 Å². The van der Waals surface area contributed by atoms with Gasteiger partial charge in [0.1, 0.15) is 5.69 Å². The first-order valence-corrected chi connectivity index (χ1v) is 3.83. The number of aromatic nitrogens is 1. The fourth-order valence-corrected chi connectivity index (χ4v) is 1.13. The summed E-state index contributed by atoms with van der Waals surface area (Å²) in [6.07, 6.45) is 0.929. The van der Waals surface area contributed by atoms with Gasteiger partial charge in [-0.05, 0) is 13.0 Å². The van der Waals surface area contributed by atoms with Crippen molar-refractivity contribution in [3.05, 3.63) is 33.6 Å². The molecule has 1 aromatic heterocycles. The second-order valence-corrected chi connectivity index (χ2v) is 2.75. The van der Waals surface area contributed by atoms with Crippen LogP contribution in [0.5, 0.6) is 0 Å². The molecule has 0 aliphatic rings. The van der Waals surface area contributed by atoms with Gasteiger partial charge in [0.05, 0.1) is 11.3 Å². The van der Waals surface area contributed by atoms with Crippen LogP contribution in [0.2, 0.25) is 0 Å². The van der Waals surface area contributed by atoms with E-state index in [0.29, 0.717) is 5.56 Å². The largest absolute Gasteiger partial charge is 0.481 e. The molecule has 0 unspecified atom stereocenters. The molecule has 0 aliphatic heterocycles. The number of rotatable bonds is 3. The minimum atomic E-state index is -1.13. The van der Waals surface area contributed by atoms with Crippen molar-refractivity contribution in [2.24, 2.45) is 0 Å². The maximum Gasteiger partial charge on any atom is 0.309 e. The second-order valence-electron chi connectivity index (χ2n) is 2.75. The third kappa shape index (κ3) is 2.03. The quantitative estimate of drug-likeness (QED) is 0.573. The molecular formula is C8H8N2O4. The summed E-state index contributed by atoms with van der Waals surface area (Å²) in [6, 6.07) is 1.48. The Hall–Kier alpha value is -1.98. The van der Waals surface area contributed by atoms with E-state index in [1.807, 2.05) is 0 Å². The van der Waals surface area contributed by atoms with Gasteiger partial charge in [-0.1, -0.05) is 0 Å². The molecule has 0 aromatic carbocycles. The van der Waals surface area contributed by atoms with Crippen molar-refractivity contribution >= 4 is 11.7 Å². The van der Waals surface area contributed by atoms with Crippen LogP contribution in [-0.2, 0) is 11.2 Å². The van der Waals surface area contributed by atoms with Crippen LogP contribution in [0, 0.1) is 17.0 Å². The maximum absolute atomic E-state index is 10.6. The smallest absolute Gasteiger partial charge is 0.309 e. The van der Waals surface area contributed by atoms with Crippen LogP contribution < -0.4 is 0 Å². The molecule has 0 aliphatic carbocycles. The Balaban J connectivity index is 3.21. The molecule has 0 radical (unpaired) electrons. The SMILES string of the molecule is Cc1ccnc(CC(=O)O)c1[N+](=O)[O-]. The molecule has 6 nitrogen and oxygen atoms in total. The first-order chi connectivity index (χ1) is 6.52. The lowest BCUT2D eigenvalue weighted by molar-refractivity contribution is -0.386. The zero-order valence-corrected chi connectivity index (χ0v) is 7.43. The average molecular weight is 196 g/mol. The number of carbonyl (C=O) groups is 1. The van der Waals surface area contributed by atoms with E-state index in [2.05, 4.69) is 4.98 Å². The lowest BCUT2D eigenvalue weighted by atomic mass is 10.1. The Morgan fingerprint density at radius 1 is 1.71 bits per heavy atom. The third-order valence-electron chi connectivity index (χ3n) is 1.70. The predicted octanol–water partition coefficient (Wildman–Crippen LogP) is 0.925. The molecule has 0 saturated carbocycles. The van der Waals surface area contributed by atoms with E-state index >= 15 is 0 Å². The lowest BCUT2D eigenvalue weighted by Gasteiger charge is -2.00. The van der Waals surface area contributed by atoms with Crippen molar-refractivity contribution in [2.45, 2.75) is 13.3 Å². The van der Waals surface area contributed by atoms with Gasteiger partial charge in [-0.25, -0.2) is 0 Å². The normalized spacial score (nSPS) is 9.79. The molecule has 0 fully saturated rings. The van der Waals surface area contributed by atoms with E-state index in [1.54, 1.807) is 6.92 Å². The topological polar surface area (TPSA) is 93.3 Å². The van der Waals surface area contributed by atoms with Crippen LogP contribution in [0.4, 0.5) is 5.69 Å². The summed E-state index contributed by atoms with van der Waals surface area (Å²) in [5.41, 5.74) is 0.193. The average Bonchev–Trinajstić information content (AvgIpc) is 2.01. The van der Waals surface area contributed by atoms with Crippen molar-refractivity contribution in [3.63, 3.8) is 0 Å². The molecule has 6 heteroatoms. The van der Waals surface area contributed by atoms with Gasteiger partial charge >= 0.3 is 5.97 Å². The number of carboxylic acid groups (broad SMARTS) is 1. The van der Waals surface area contributed by atoms with Crippen LogP contribution in [0.3, 0.4) is 0 Å². The van der Waals surface area contributed by atoms with E-state index in [-0.39, 0.29) is 11.4 Å². The predicted molar refractivity (Wildman–Crippen MR) is 47.0 cm³/mol. The van der Waals surface area contributed by atoms with Crippen LogP contribution in [-0.4, -0.2) is 21.0 Å². The Labute approximate surface area is 79.4 Å². The number of aryl methyl sites for hydroxylation is 1. The van der Waals surface area contributed by atoms with Crippen molar-refractivity contribution < 1.29 is 14.8 Å². The van der Waals surface area contributed by atoms with E-state index in [0.717, 1.165) is 0 Å². The summed E-state index contributed by atoms with van der Waals surface area (Å²) in [4.78, 5) is 24.1. The molecule has 74 valence electrons. The molecular weight excluding hydrogens is 188 g/mol. The molecule has 0 atom stereocenters. The first-order valence-electron chi connectivity index (χ1n) is 3.83. The summed E-state index contributed by atoms with van der Waals surface area (Å²) in [5, 5.41) is 19.1. The van der Waals surface area contributed by atoms with Gasteiger partial charge in [-0.2, -0.15) is 0 Å². The summed E-state index contributed by atoms with van der Waals surface area (Å²) in [5.74, 6) is -1.13. The van der Waals surface area contributed by atoms with Gasteiger partial charge in [0.2, 0.25) is 0 Å². The number of carboxylic acids is 1. The van der Waals surface area contributed by atoms with Gasteiger partial charge in [0.25, 0.3) is 5.69 Å². The highest BCUT2D eigenvalue weighted by atomic mass is 16.6. The Bertz CT molecular complexity index is 389. The van der Waals surface area contributed by atoms with Crippen molar-refractivity contribution in [2.75, 3.05) is 0 Å². The van der Waals surface area contributed by atoms with Gasteiger partial charge in [-0.3, -0.25) is 19.9 Å². The summed E-state index contributed by atoms with van der Waals surface area (Å²) in [7, 11) is 0. The van der Waals surface area contributed by atoms with Gasteiger partial charge in [-0.15, -0.1) is 0 Å². The number of nitrogens with zero attached hydrogens (tertiary/aromatic N) is 2. The monoisotopic (exact) mass is 196 g/mol. The molecule has 1 aromatic rings. The summed E-state index contributed by atoms with van der Waals surface area (Å²) < 4.78 is 0. The lowest BCUT2D eigenvalue weighted by Crippen LogP contribution is -2.07. The van der Waals surface area contributed by atoms with Crippen LogP contribution in [0.15, 0.2) is 12.3 Å². The fraction of sp³-hybridized carbons (Fsp3) is 0.250. The van der Waals surface area contributed by atoms with Crippen molar-refractivity contribution in [1.29, 1.82) is 0 Å². The highest BCUT2D eigenvalue weighted by Crippen LogP contribution is 2.20. The minimum absolute atomic E-state index is 0.0116. The number of nitro groups is 1. The highest BCUT2D eigenvalue weighted by molar-refractivity contribution is 5.71. The number of hydrogen-bond donors (Lipinski definition) is 1. The Morgan fingerprint density at radius 3 is 2.86 bits per heavy atom. The first kappa shape index (κ1) is 10.1. The molecule has 0 saturated heterocycles. The van der Waals surface area contributed by atoms with Gasteiger partial charge in [0, 0.05) is 11.8 Å². The van der Waals surface area contributed by atoms with Crippen LogP contribution in [0.25, 0.3) is 0 Å². The zero-order valence-electron chi connectivity index (χ0n) is 7.43. The molecule has 0 amide bonds. The van der Waals surface area contributed by atoms with Crippen molar-refractivity contribution in [1.82, 2.24) is 4.98 Å². The standard InChI is InChI=1S/C8H8N2O4/c1-5-2-3-9-6(4-7(11)12)8(5)10(13)14/h2-3H,4H2,1H3,(H,11,12).